The van der Waals surface area contributed by atoms with Gasteiger partial charge >= 0.3 is 0 Å². The average Bonchev–Trinajstić information content (AvgIpc) is 2.81. The molecule has 1 amide bonds. The zero-order valence-electron chi connectivity index (χ0n) is 12.7. The maximum atomic E-state index is 12.7. The number of likely N-dealkylation sites (tertiary alicyclic amines) is 1. The number of aryl methyl sites for hydroxylation is 1. The first-order valence-electron chi connectivity index (χ1n) is 7.61. The third-order valence-corrected chi connectivity index (χ3v) is 4.28. The van der Waals surface area contributed by atoms with Crippen LogP contribution in [0.1, 0.15) is 37.8 Å². The fraction of sp³-hybridized carbons (Fsp3) is 0.500. The van der Waals surface area contributed by atoms with Gasteiger partial charge in [0.15, 0.2) is 0 Å². The molecule has 1 aliphatic rings. The van der Waals surface area contributed by atoms with Gasteiger partial charge < -0.3 is 10.6 Å². The minimum absolute atomic E-state index is 0.140. The fourth-order valence-electron chi connectivity index (χ4n) is 3.12. The Balaban J connectivity index is 1.95. The second-order valence-electron chi connectivity index (χ2n) is 5.89. The Hall–Kier alpha value is -2.04. The number of carbonyl (C=O) groups excluding carboxylic acids is 1. The normalized spacial score (nSPS) is 17.1. The maximum absolute atomic E-state index is 12.7. The molecule has 21 heavy (non-hydrogen) atoms. The van der Waals surface area contributed by atoms with Gasteiger partial charge in [-0.05, 0) is 50.8 Å². The third kappa shape index (κ3) is 2.48. The number of fused-ring (bicyclic) bond motifs is 1. The molecule has 112 valence electrons. The van der Waals surface area contributed by atoms with Crippen molar-refractivity contribution in [2.45, 2.75) is 39.2 Å². The molecule has 2 heterocycles. The summed E-state index contributed by atoms with van der Waals surface area (Å²) in [5, 5.41) is 0. The van der Waals surface area contributed by atoms with E-state index in [4.69, 9.17) is 5.73 Å². The van der Waals surface area contributed by atoms with Crippen LogP contribution in [-0.4, -0.2) is 33.4 Å². The number of rotatable bonds is 2. The van der Waals surface area contributed by atoms with Crippen molar-refractivity contribution in [3.05, 3.63) is 23.8 Å². The van der Waals surface area contributed by atoms with Crippen molar-refractivity contribution in [1.29, 1.82) is 0 Å². The molecule has 0 saturated carbocycles. The average molecular weight is 286 g/mol. The molecular formula is C16H22N4O. The lowest BCUT2D eigenvalue weighted by Crippen LogP contribution is -2.39. The highest BCUT2D eigenvalue weighted by Gasteiger charge is 2.26. The van der Waals surface area contributed by atoms with E-state index in [9.17, 15) is 4.79 Å². The van der Waals surface area contributed by atoms with Crippen molar-refractivity contribution in [2.24, 2.45) is 0 Å². The molecule has 2 aromatic rings. The summed E-state index contributed by atoms with van der Waals surface area (Å²) >= 11 is 0. The summed E-state index contributed by atoms with van der Waals surface area (Å²) < 4.78 is 1.85. The summed E-state index contributed by atoms with van der Waals surface area (Å²) in [5.41, 5.74) is 8.97. The van der Waals surface area contributed by atoms with Crippen LogP contribution < -0.4 is 5.73 Å². The molecular weight excluding hydrogens is 264 g/mol. The van der Waals surface area contributed by atoms with Crippen molar-refractivity contribution in [3.63, 3.8) is 0 Å². The van der Waals surface area contributed by atoms with Gasteiger partial charge in [-0.1, -0.05) is 6.07 Å². The standard InChI is InChI=1S/C16H22N4O/c1-11-6-7-14-13(10-11)18-16(17)20(14)12(2)15(21)19-8-4-3-5-9-19/h6-7,10,12H,3-5,8-9H2,1-2H3,(H2,17,18). The highest BCUT2D eigenvalue weighted by atomic mass is 16.2. The van der Waals surface area contributed by atoms with E-state index in [1.807, 2.05) is 41.5 Å². The first kappa shape index (κ1) is 13.9. The predicted molar refractivity (Wildman–Crippen MR) is 84.0 cm³/mol. The first-order chi connectivity index (χ1) is 10.1. The van der Waals surface area contributed by atoms with E-state index in [0.29, 0.717) is 5.95 Å². The minimum Gasteiger partial charge on any atom is -0.369 e. The minimum atomic E-state index is -0.309. The number of nitrogens with zero attached hydrogens (tertiary/aromatic N) is 3. The number of nitrogens with two attached hydrogens (primary N) is 1. The van der Waals surface area contributed by atoms with Crippen LogP contribution in [0.2, 0.25) is 0 Å². The molecule has 1 aromatic carbocycles. The molecule has 2 N–H and O–H groups in total. The van der Waals surface area contributed by atoms with E-state index in [1.165, 1.54) is 6.42 Å². The van der Waals surface area contributed by atoms with Crippen molar-refractivity contribution in [1.82, 2.24) is 14.5 Å². The SMILES string of the molecule is Cc1ccc2c(c1)nc(N)n2C(C)C(=O)N1CCCCC1. The molecule has 1 atom stereocenters. The number of benzene rings is 1. The highest BCUT2D eigenvalue weighted by Crippen LogP contribution is 2.25. The second kappa shape index (κ2) is 5.39. The number of imidazole rings is 1. The van der Waals surface area contributed by atoms with Crippen LogP contribution in [0.3, 0.4) is 0 Å². The summed E-state index contributed by atoms with van der Waals surface area (Å²) in [7, 11) is 0. The highest BCUT2D eigenvalue weighted by molar-refractivity contribution is 5.85. The molecule has 1 aliphatic heterocycles. The Bertz CT molecular complexity index is 670. The molecule has 1 fully saturated rings. The number of nitrogen functional groups attached to an aromatic ring is 1. The van der Waals surface area contributed by atoms with E-state index in [-0.39, 0.29) is 11.9 Å². The van der Waals surface area contributed by atoms with Gasteiger partial charge in [-0.2, -0.15) is 0 Å². The van der Waals surface area contributed by atoms with E-state index in [0.717, 1.165) is 42.5 Å². The van der Waals surface area contributed by atoms with Crippen molar-refractivity contribution < 1.29 is 4.79 Å². The lowest BCUT2D eigenvalue weighted by Gasteiger charge is -2.30. The van der Waals surface area contributed by atoms with Gasteiger partial charge in [-0.3, -0.25) is 9.36 Å². The number of piperidine rings is 1. The van der Waals surface area contributed by atoms with Gasteiger partial charge in [0.1, 0.15) is 6.04 Å². The zero-order chi connectivity index (χ0) is 15.0. The molecule has 1 saturated heterocycles. The van der Waals surface area contributed by atoms with Gasteiger partial charge in [-0.25, -0.2) is 4.98 Å². The van der Waals surface area contributed by atoms with Crippen LogP contribution in [0.5, 0.6) is 0 Å². The van der Waals surface area contributed by atoms with Gasteiger partial charge in [0.05, 0.1) is 11.0 Å². The summed E-state index contributed by atoms with van der Waals surface area (Å²) in [6, 6.07) is 5.71. The van der Waals surface area contributed by atoms with Crippen LogP contribution in [0.4, 0.5) is 5.95 Å². The molecule has 3 rings (SSSR count). The Labute approximate surface area is 124 Å². The molecule has 1 aromatic heterocycles. The molecule has 1 unspecified atom stereocenters. The van der Waals surface area contributed by atoms with Crippen molar-refractivity contribution in [3.8, 4) is 0 Å². The zero-order valence-corrected chi connectivity index (χ0v) is 12.7. The lowest BCUT2D eigenvalue weighted by atomic mass is 10.1. The van der Waals surface area contributed by atoms with Gasteiger partial charge in [0.2, 0.25) is 11.9 Å². The molecule has 0 bridgehead atoms. The number of amides is 1. The summed E-state index contributed by atoms with van der Waals surface area (Å²) in [4.78, 5) is 19.0. The van der Waals surface area contributed by atoms with E-state index >= 15 is 0 Å². The van der Waals surface area contributed by atoms with Crippen LogP contribution in [-0.2, 0) is 4.79 Å². The Morgan fingerprint density at radius 2 is 2.00 bits per heavy atom. The maximum Gasteiger partial charge on any atom is 0.245 e. The van der Waals surface area contributed by atoms with Gasteiger partial charge in [0.25, 0.3) is 0 Å². The first-order valence-corrected chi connectivity index (χ1v) is 7.61. The molecule has 0 radical (unpaired) electrons. The molecule has 0 spiro atoms. The number of hydrogen-bond acceptors (Lipinski definition) is 3. The van der Waals surface area contributed by atoms with Crippen LogP contribution >= 0.6 is 0 Å². The summed E-state index contributed by atoms with van der Waals surface area (Å²) in [6.07, 6.45) is 3.41. The smallest absolute Gasteiger partial charge is 0.245 e. The number of anilines is 1. The second-order valence-corrected chi connectivity index (χ2v) is 5.89. The van der Waals surface area contributed by atoms with E-state index in [2.05, 4.69) is 4.98 Å². The molecule has 0 aliphatic carbocycles. The quantitative estimate of drug-likeness (QED) is 0.922. The largest absolute Gasteiger partial charge is 0.369 e. The third-order valence-electron chi connectivity index (χ3n) is 4.28. The van der Waals surface area contributed by atoms with Crippen LogP contribution in [0.25, 0.3) is 11.0 Å². The Morgan fingerprint density at radius 3 is 2.71 bits per heavy atom. The van der Waals surface area contributed by atoms with Crippen molar-refractivity contribution in [2.75, 3.05) is 18.8 Å². The Morgan fingerprint density at radius 1 is 1.29 bits per heavy atom. The van der Waals surface area contributed by atoms with E-state index < -0.39 is 0 Å². The number of hydrogen-bond donors (Lipinski definition) is 1. The van der Waals surface area contributed by atoms with Gasteiger partial charge in [-0.15, -0.1) is 0 Å². The number of aromatic nitrogens is 2. The Kier molecular flexibility index (Phi) is 3.57. The molecule has 5 heteroatoms. The topological polar surface area (TPSA) is 64.1 Å². The van der Waals surface area contributed by atoms with Crippen LogP contribution in [0.15, 0.2) is 18.2 Å². The monoisotopic (exact) mass is 286 g/mol. The van der Waals surface area contributed by atoms with Gasteiger partial charge in [0, 0.05) is 13.1 Å². The summed E-state index contributed by atoms with van der Waals surface area (Å²) in [5.74, 6) is 0.551. The predicted octanol–water partition coefficient (Wildman–Crippen LogP) is 2.50. The van der Waals surface area contributed by atoms with Crippen LogP contribution in [0, 0.1) is 6.92 Å². The lowest BCUT2D eigenvalue weighted by molar-refractivity contribution is -0.135. The number of carbonyl (C=O) groups is 1. The van der Waals surface area contributed by atoms with E-state index in [1.54, 1.807) is 0 Å². The van der Waals surface area contributed by atoms with Crippen molar-refractivity contribution >= 4 is 22.9 Å². The molecule has 5 nitrogen and oxygen atoms in total. The fourth-order valence-corrected chi connectivity index (χ4v) is 3.12. The summed E-state index contributed by atoms with van der Waals surface area (Å²) in [6.45, 7) is 5.65.